The average Bonchev–Trinajstić information content (AvgIpc) is 2.39. The van der Waals surface area contributed by atoms with Crippen molar-refractivity contribution in [2.75, 3.05) is 0 Å². The van der Waals surface area contributed by atoms with Gasteiger partial charge in [0.25, 0.3) is 0 Å². The molecule has 2 rings (SSSR count). The highest BCUT2D eigenvalue weighted by Gasteiger charge is 2.57. The van der Waals surface area contributed by atoms with Crippen LogP contribution in [0.1, 0.15) is 95.9 Å². The van der Waals surface area contributed by atoms with Crippen LogP contribution >= 0.6 is 0 Å². The van der Waals surface area contributed by atoms with Crippen molar-refractivity contribution in [2.24, 2.45) is 11.3 Å². The van der Waals surface area contributed by atoms with E-state index in [9.17, 15) is 0 Å². The van der Waals surface area contributed by atoms with Crippen molar-refractivity contribution in [1.82, 2.24) is 0 Å². The Morgan fingerprint density at radius 1 is 0.654 bits per heavy atom. The standard InChI is InChI=1S/C22H42O4/c1-15-18(5,6)24-20(9,10)25-21(15,11)13-14-22(12)17(3,4)16(2)23-19(7,8)26-22/h15-16H,13-14H2,1-12H3. The molecule has 0 saturated carbocycles. The lowest BCUT2D eigenvalue weighted by molar-refractivity contribution is -0.389. The maximum Gasteiger partial charge on any atom is 0.164 e. The lowest BCUT2D eigenvalue weighted by Gasteiger charge is -2.59. The van der Waals surface area contributed by atoms with Crippen LogP contribution in [0.3, 0.4) is 0 Å². The zero-order valence-corrected chi connectivity index (χ0v) is 19.2. The first-order valence-electron chi connectivity index (χ1n) is 10.1. The molecule has 0 radical (unpaired) electrons. The van der Waals surface area contributed by atoms with E-state index in [1.54, 1.807) is 0 Å². The van der Waals surface area contributed by atoms with Gasteiger partial charge in [0, 0.05) is 11.3 Å². The quantitative estimate of drug-likeness (QED) is 0.640. The molecule has 0 aliphatic carbocycles. The molecule has 2 saturated heterocycles. The maximum atomic E-state index is 6.51. The molecule has 0 aromatic rings. The summed E-state index contributed by atoms with van der Waals surface area (Å²) in [6, 6.07) is 0. The van der Waals surface area contributed by atoms with Crippen LogP contribution < -0.4 is 0 Å². The van der Waals surface area contributed by atoms with E-state index in [0.717, 1.165) is 12.8 Å². The Morgan fingerprint density at radius 3 is 1.73 bits per heavy atom. The van der Waals surface area contributed by atoms with Crippen molar-refractivity contribution in [1.29, 1.82) is 0 Å². The Balaban J connectivity index is 2.27. The summed E-state index contributed by atoms with van der Waals surface area (Å²) in [5.74, 6) is -0.907. The van der Waals surface area contributed by atoms with Gasteiger partial charge in [-0.15, -0.1) is 0 Å². The maximum absolute atomic E-state index is 6.51. The second-order valence-corrected chi connectivity index (χ2v) is 11.0. The van der Waals surface area contributed by atoms with Crippen LogP contribution in [0, 0.1) is 11.3 Å². The summed E-state index contributed by atoms with van der Waals surface area (Å²) in [6.45, 7) is 25.7. The Hall–Kier alpha value is -0.160. The summed E-state index contributed by atoms with van der Waals surface area (Å²) < 4.78 is 25.3. The number of rotatable bonds is 3. The Labute approximate surface area is 161 Å². The summed E-state index contributed by atoms with van der Waals surface area (Å²) >= 11 is 0. The van der Waals surface area contributed by atoms with Crippen molar-refractivity contribution in [3.8, 4) is 0 Å². The van der Waals surface area contributed by atoms with E-state index in [0.29, 0.717) is 0 Å². The van der Waals surface area contributed by atoms with Crippen molar-refractivity contribution >= 4 is 0 Å². The number of ether oxygens (including phenoxy) is 4. The van der Waals surface area contributed by atoms with Crippen molar-refractivity contribution in [3.63, 3.8) is 0 Å². The SMILES string of the molecule is CC1C(C)(C)OC(C)(C)OC1(C)CCC1(C)OC(C)(C)OC(C)C1(C)C. The van der Waals surface area contributed by atoms with E-state index in [1.807, 2.05) is 27.7 Å². The molecule has 2 aliphatic rings. The minimum absolute atomic E-state index is 0.0989. The number of hydrogen-bond acceptors (Lipinski definition) is 4. The van der Waals surface area contributed by atoms with E-state index >= 15 is 0 Å². The molecule has 0 N–H and O–H groups in total. The molecule has 0 amide bonds. The van der Waals surface area contributed by atoms with Crippen LogP contribution in [-0.2, 0) is 18.9 Å². The summed E-state index contributed by atoms with van der Waals surface area (Å²) in [7, 11) is 0. The molecule has 2 fully saturated rings. The second-order valence-electron chi connectivity index (χ2n) is 11.0. The summed E-state index contributed by atoms with van der Waals surface area (Å²) in [6.07, 6.45) is 1.93. The van der Waals surface area contributed by atoms with Gasteiger partial charge in [-0.05, 0) is 75.2 Å². The van der Waals surface area contributed by atoms with Crippen molar-refractivity contribution in [3.05, 3.63) is 0 Å². The normalized spacial score (nSPS) is 43.8. The first-order chi connectivity index (χ1) is 11.4. The molecule has 0 aromatic heterocycles. The minimum Gasteiger partial charge on any atom is -0.347 e. The molecule has 4 heteroatoms. The predicted octanol–water partition coefficient (Wildman–Crippen LogP) is 5.68. The fraction of sp³-hybridized carbons (Fsp3) is 1.00. The molecule has 0 bridgehead atoms. The molecule has 2 heterocycles. The van der Waals surface area contributed by atoms with E-state index in [1.165, 1.54) is 0 Å². The van der Waals surface area contributed by atoms with Gasteiger partial charge in [-0.2, -0.15) is 0 Å². The van der Waals surface area contributed by atoms with Gasteiger partial charge in [0.15, 0.2) is 11.6 Å². The highest BCUT2D eigenvalue weighted by Crippen LogP contribution is 2.52. The molecular weight excluding hydrogens is 328 g/mol. The molecular formula is C22H42O4. The van der Waals surface area contributed by atoms with Crippen LogP contribution in [0.5, 0.6) is 0 Å². The first kappa shape index (κ1) is 22.1. The van der Waals surface area contributed by atoms with Gasteiger partial charge in [-0.25, -0.2) is 0 Å². The van der Waals surface area contributed by atoms with Gasteiger partial charge < -0.3 is 18.9 Å². The van der Waals surface area contributed by atoms with Crippen LogP contribution in [0.2, 0.25) is 0 Å². The zero-order valence-electron chi connectivity index (χ0n) is 19.2. The minimum atomic E-state index is -0.593. The van der Waals surface area contributed by atoms with Gasteiger partial charge >= 0.3 is 0 Å². The van der Waals surface area contributed by atoms with E-state index in [-0.39, 0.29) is 34.2 Å². The van der Waals surface area contributed by atoms with Crippen LogP contribution in [0.25, 0.3) is 0 Å². The van der Waals surface area contributed by atoms with E-state index < -0.39 is 11.6 Å². The monoisotopic (exact) mass is 370 g/mol. The fourth-order valence-electron chi connectivity index (χ4n) is 4.96. The highest BCUT2D eigenvalue weighted by molar-refractivity contribution is 5.03. The molecule has 2 aliphatic heterocycles. The lowest BCUT2D eigenvalue weighted by Crippen LogP contribution is -2.64. The predicted molar refractivity (Wildman–Crippen MR) is 105 cm³/mol. The lowest BCUT2D eigenvalue weighted by atomic mass is 9.66. The molecule has 0 aromatic carbocycles. The van der Waals surface area contributed by atoms with Gasteiger partial charge in [-0.3, -0.25) is 0 Å². The van der Waals surface area contributed by atoms with Crippen LogP contribution in [-0.4, -0.2) is 34.5 Å². The molecule has 26 heavy (non-hydrogen) atoms. The summed E-state index contributed by atoms with van der Waals surface area (Å²) in [5, 5.41) is 0. The third-order valence-electron chi connectivity index (χ3n) is 7.36. The molecule has 0 spiro atoms. The highest BCUT2D eigenvalue weighted by atomic mass is 16.7. The van der Waals surface area contributed by atoms with E-state index in [2.05, 4.69) is 55.4 Å². The molecule has 4 nitrogen and oxygen atoms in total. The molecule has 4 unspecified atom stereocenters. The van der Waals surface area contributed by atoms with Crippen molar-refractivity contribution < 1.29 is 18.9 Å². The zero-order chi connectivity index (χ0) is 20.4. The largest absolute Gasteiger partial charge is 0.347 e. The molecule has 154 valence electrons. The van der Waals surface area contributed by atoms with Gasteiger partial charge in [0.05, 0.1) is 22.9 Å². The van der Waals surface area contributed by atoms with Crippen molar-refractivity contribution in [2.45, 2.75) is 130 Å². The smallest absolute Gasteiger partial charge is 0.164 e. The van der Waals surface area contributed by atoms with Gasteiger partial charge in [0.1, 0.15) is 0 Å². The summed E-state index contributed by atoms with van der Waals surface area (Å²) in [5.41, 5.74) is -0.916. The second kappa shape index (κ2) is 6.17. The van der Waals surface area contributed by atoms with Gasteiger partial charge in [-0.1, -0.05) is 20.8 Å². The van der Waals surface area contributed by atoms with Crippen LogP contribution in [0.15, 0.2) is 0 Å². The van der Waals surface area contributed by atoms with Crippen LogP contribution in [0.4, 0.5) is 0 Å². The fourth-order valence-corrected chi connectivity index (χ4v) is 4.96. The summed E-state index contributed by atoms with van der Waals surface area (Å²) in [4.78, 5) is 0. The topological polar surface area (TPSA) is 36.9 Å². The third kappa shape index (κ3) is 3.85. The average molecular weight is 371 g/mol. The Kier molecular flexibility index (Phi) is 5.25. The number of hydrogen-bond donors (Lipinski definition) is 0. The van der Waals surface area contributed by atoms with Gasteiger partial charge in [0.2, 0.25) is 0 Å². The first-order valence-corrected chi connectivity index (χ1v) is 10.1. The third-order valence-corrected chi connectivity index (χ3v) is 7.36. The Morgan fingerprint density at radius 2 is 1.19 bits per heavy atom. The van der Waals surface area contributed by atoms with E-state index in [4.69, 9.17) is 18.9 Å². The molecule has 4 atom stereocenters. The Bertz CT molecular complexity index is 536.